The van der Waals surface area contributed by atoms with E-state index in [1.54, 1.807) is 13.3 Å². The minimum atomic E-state index is 0.609. The summed E-state index contributed by atoms with van der Waals surface area (Å²) in [5.74, 6) is 1.65. The maximum atomic E-state index is 5.19. The molecule has 0 aliphatic carbocycles. The van der Waals surface area contributed by atoms with Gasteiger partial charge in [0.2, 0.25) is 0 Å². The second-order valence-electron chi connectivity index (χ2n) is 6.01. The van der Waals surface area contributed by atoms with Crippen LogP contribution in [0, 0.1) is 0 Å². The van der Waals surface area contributed by atoms with Crippen LogP contribution >= 0.6 is 0 Å². The molecule has 1 aromatic heterocycles. The van der Waals surface area contributed by atoms with Crippen molar-refractivity contribution in [2.45, 2.75) is 20.0 Å². The minimum Gasteiger partial charge on any atom is -0.497 e. The first-order chi connectivity index (χ1) is 13.3. The highest BCUT2D eigenvalue weighted by Gasteiger charge is 2.01. The molecular formula is C21H25N5O. The van der Waals surface area contributed by atoms with Crippen molar-refractivity contribution < 1.29 is 4.74 Å². The lowest BCUT2D eigenvalue weighted by atomic mass is 10.2. The summed E-state index contributed by atoms with van der Waals surface area (Å²) in [5.41, 5.74) is 3.36. The third-order valence-electron chi connectivity index (χ3n) is 4.09. The van der Waals surface area contributed by atoms with E-state index in [1.807, 2.05) is 41.2 Å². The molecule has 3 aromatic rings. The van der Waals surface area contributed by atoms with E-state index in [0.717, 1.165) is 29.5 Å². The number of ether oxygens (including phenoxy) is 1. The fourth-order valence-corrected chi connectivity index (χ4v) is 2.62. The SMILES string of the molecule is CCNC(=NCc1ccc(OC)cc1)NCc1ccc(-n2cccn2)cc1. The molecular weight excluding hydrogens is 338 g/mol. The van der Waals surface area contributed by atoms with E-state index in [4.69, 9.17) is 4.74 Å². The van der Waals surface area contributed by atoms with Gasteiger partial charge in [0.25, 0.3) is 0 Å². The number of guanidine groups is 1. The van der Waals surface area contributed by atoms with Crippen molar-refractivity contribution in [3.63, 3.8) is 0 Å². The van der Waals surface area contributed by atoms with E-state index < -0.39 is 0 Å². The van der Waals surface area contributed by atoms with Crippen LogP contribution in [0.3, 0.4) is 0 Å². The summed E-state index contributed by atoms with van der Waals surface area (Å²) in [6.07, 6.45) is 3.71. The van der Waals surface area contributed by atoms with E-state index in [-0.39, 0.29) is 0 Å². The molecule has 0 radical (unpaired) electrons. The number of aromatic nitrogens is 2. The maximum Gasteiger partial charge on any atom is 0.191 e. The topological polar surface area (TPSA) is 63.5 Å². The Morgan fingerprint density at radius 2 is 1.78 bits per heavy atom. The maximum absolute atomic E-state index is 5.19. The lowest BCUT2D eigenvalue weighted by Gasteiger charge is -2.12. The zero-order valence-electron chi connectivity index (χ0n) is 15.7. The van der Waals surface area contributed by atoms with Gasteiger partial charge in [-0.05, 0) is 48.4 Å². The number of benzene rings is 2. The van der Waals surface area contributed by atoms with Crippen LogP contribution in [-0.2, 0) is 13.1 Å². The van der Waals surface area contributed by atoms with Gasteiger partial charge in [-0.15, -0.1) is 0 Å². The van der Waals surface area contributed by atoms with Crippen molar-refractivity contribution in [2.24, 2.45) is 4.99 Å². The predicted octanol–water partition coefficient (Wildman–Crippen LogP) is 3.14. The normalized spacial score (nSPS) is 11.3. The van der Waals surface area contributed by atoms with Gasteiger partial charge in [0.1, 0.15) is 5.75 Å². The van der Waals surface area contributed by atoms with Crippen molar-refractivity contribution in [1.82, 2.24) is 20.4 Å². The van der Waals surface area contributed by atoms with Gasteiger partial charge in [-0.2, -0.15) is 5.10 Å². The Bertz CT molecular complexity index is 839. The summed E-state index contributed by atoms with van der Waals surface area (Å²) in [6.45, 7) is 4.18. The number of hydrogen-bond donors (Lipinski definition) is 2. The summed E-state index contributed by atoms with van der Waals surface area (Å²) < 4.78 is 7.03. The molecule has 0 saturated carbocycles. The molecule has 0 aliphatic rings. The molecule has 1 heterocycles. The first-order valence-corrected chi connectivity index (χ1v) is 9.02. The molecule has 27 heavy (non-hydrogen) atoms. The predicted molar refractivity (Wildman–Crippen MR) is 108 cm³/mol. The van der Waals surface area contributed by atoms with Crippen molar-refractivity contribution in [3.8, 4) is 11.4 Å². The Balaban J connectivity index is 1.58. The Hall–Kier alpha value is -3.28. The summed E-state index contributed by atoms with van der Waals surface area (Å²) in [6, 6.07) is 18.2. The number of methoxy groups -OCH3 is 1. The van der Waals surface area contributed by atoms with Gasteiger partial charge in [-0.3, -0.25) is 0 Å². The Morgan fingerprint density at radius 3 is 2.41 bits per heavy atom. The van der Waals surface area contributed by atoms with Gasteiger partial charge in [0.05, 0.1) is 19.3 Å². The fraction of sp³-hybridized carbons (Fsp3) is 0.238. The van der Waals surface area contributed by atoms with Crippen LogP contribution in [-0.4, -0.2) is 29.4 Å². The van der Waals surface area contributed by atoms with Gasteiger partial charge < -0.3 is 15.4 Å². The molecule has 6 nitrogen and oxygen atoms in total. The molecule has 0 unspecified atom stereocenters. The quantitative estimate of drug-likeness (QED) is 0.500. The average Bonchev–Trinajstić information content (AvgIpc) is 3.26. The molecule has 6 heteroatoms. The van der Waals surface area contributed by atoms with Gasteiger partial charge in [0, 0.05) is 25.5 Å². The van der Waals surface area contributed by atoms with E-state index >= 15 is 0 Å². The van der Waals surface area contributed by atoms with Crippen LogP contribution in [0.25, 0.3) is 5.69 Å². The Kier molecular flexibility index (Phi) is 6.46. The Morgan fingerprint density at radius 1 is 1.04 bits per heavy atom. The zero-order chi connectivity index (χ0) is 18.9. The third kappa shape index (κ3) is 5.34. The highest BCUT2D eigenvalue weighted by Crippen LogP contribution is 2.12. The molecule has 2 N–H and O–H groups in total. The van der Waals surface area contributed by atoms with Gasteiger partial charge >= 0.3 is 0 Å². The van der Waals surface area contributed by atoms with E-state index in [1.165, 1.54) is 5.56 Å². The van der Waals surface area contributed by atoms with E-state index in [2.05, 4.69) is 51.9 Å². The molecule has 0 fully saturated rings. The molecule has 0 aliphatic heterocycles. The first kappa shape index (κ1) is 18.5. The standard InChI is InChI=1S/C21H25N5O/c1-3-22-21(24-16-18-7-11-20(27-2)12-8-18)23-15-17-5-9-19(10-6-17)26-14-4-13-25-26/h4-14H,3,15-16H2,1-2H3,(H2,22,23,24). The highest BCUT2D eigenvalue weighted by atomic mass is 16.5. The second-order valence-corrected chi connectivity index (χ2v) is 6.01. The summed E-state index contributed by atoms with van der Waals surface area (Å²) >= 11 is 0. The minimum absolute atomic E-state index is 0.609. The van der Waals surface area contributed by atoms with E-state index in [0.29, 0.717) is 13.1 Å². The van der Waals surface area contributed by atoms with Crippen LogP contribution in [0.1, 0.15) is 18.1 Å². The summed E-state index contributed by atoms with van der Waals surface area (Å²) in [7, 11) is 1.67. The number of hydrogen-bond acceptors (Lipinski definition) is 3. The molecule has 0 atom stereocenters. The van der Waals surface area contributed by atoms with Crippen LogP contribution in [0.15, 0.2) is 72.0 Å². The fourth-order valence-electron chi connectivity index (χ4n) is 2.62. The van der Waals surface area contributed by atoms with Crippen LogP contribution < -0.4 is 15.4 Å². The molecule has 3 rings (SSSR count). The number of aliphatic imine (C=N–C) groups is 1. The monoisotopic (exact) mass is 363 g/mol. The third-order valence-corrected chi connectivity index (χ3v) is 4.09. The first-order valence-electron chi connectivity index (χ1n) is 9.02. The molecule has 0 spiro atoms. The molecule has 0 saturated heterocycles. The molecule has 0 bridgehead atoms. The molecule has 0 amide bonds. The number of rotatable bonds is 7. The zero-order valence-corrected chi connectivity index (χ0v) is 15.7. The average molecular weight is 363 g/mol. The van der Waals surface area contributed by atoms with Gasteiger partial charge in [0.15, 0.2) is 5.96 Å². The van der Waals surface area contributed by atoms with Crippen molar-refractivity contribution >= 4 is 5.96 Å². The second kappa shape index (κ2) is 9.43. The lowest BCUT2D eigenvalue weighted by molar-refractivity contribution is 0.414. The Labute approximate surface area is 159 Å². The molecule has 140 valence electrons. The van der Waals surface area contributed by atoms with Crippen molar-refractivity contribution in [1.29, 1.82) is 0 Å². The van der Waals surface area contributed by atoms with Crippen molar-refractivity contribution in [2.75, 3.05) is 13.7 Å². The highest BCUT2D eigenvalue weighted by molar-refractivity contribution is 5.79. The van der Waals surface area contributed by atoms with Crippen LogP contribution in [0.4, 0.5) is 0 Å². The lowest BCUT2D eigenvalue weighted by Crippen LogP contribution is -2.36. The van der Waals surface area contributed by atoms with Crippen LogP contribution in [0.5, 0.6) is 5.75 Å². The van der Waals surface area contributed by atoms with E-state index in [9.17, 15) is 0 Å². The smallest absolute Gasteiger partial charge is 0.191 e. The summed E-state index contributed by atoms with van der Waals surface area (Å²) in [4.78, 5) is 4.65. The van der Waals surface area contributed by atoms with Crippen molar-refractivity contribution in [3.05, 3.63) is 78.1 Å². The van der Waals surface area contributed by atoms with Gasteiger partial charge in [-0.1, -0.05) is 24.3 Å². The molecule has 2 aromatic carbocycles. The van der Waals surface area contributed by atoms with Crippen LogP contribution in [0.2, 0.25) is 0 Å². The number of nitrogens with one attached hydrogen (secondary N) is 2. The largest absolute Gasteiger partial charge is 0.497 e. The van der Waals surface area contributed by atoms with Gasteiger partial charge in [-0.25, -0.2) is 9.67 Å². The summed E-state index contributed by atoms with van der Waals surface area (Å²) in [5, 5.41) is 10.9. The number of nitrogens with zero attached hydrogens (tertiary/aromatic N) is 3.